The molecule has 1 unspecified atom stereocenters. The van der Waals surface area contributed by atoms with E-state index < -0.39 is 71.0 Å². The lowest BCUT2D eigenvalue weighted by atomic mass is 9.88. The molecule has 0 aromatic heterocycles. The van der Waals surface area contributed by atoms with Gasteiger partial charge in [-0.2, -0.15) is 74.6 Å². The van der Waals surface area contributed by atoms with Crippen LogP contribution in [0, 0.1) is 0 Å². The predicted octanol–water partition coefficient (Wildman–Crippen LogP) is 18.8. The summed E-state index contributed by atoms with van der Waals surface area (Å²) < 4.78 is 244. The Morgan fingerprint density at radius 2 is 0.928 bits per heavy atom. The quantitative estimate of drug-likeness (QED) is 0.0298. The molecule has 0 aliphatic rings. The van der Waals surface area contributed by atoms with E-state index in [0.29, 0.717) is 74.3 Å². The molecule has 0 saturated carbocycles. The van der Waals surface area contributed by atoms with E-state index in [1.807, 2.05) is 13.8 Å². The summed E-state index contributed by atoms with van der Waals surface area (Å²) in [4.78, 5) is 13.5. The second-order valence-corrected chi connectivity index (χ2v) is 18.8. The van der Waals surface area contributed by atoms with Crippen LogP contribution in [0.3, 0.4) is 0 Å². The Bertz CT molecular complexity index is 1800. The Morgan fingerprint density at radius 1 is 0.507 bits per heavy atom. The van der Waals surface area contributed by atoms with Gasteiger partial charge in [0.15, 0.2) is 0 Å². The summed E-state index contributed by atoms with van der Waals surface area (Å²) in [5.41, 5.74) is 1.58. The standard InChI is InChI=1S/C49H65F17O2S/c1-4-7-10-11-12-13-14-15-16-17-18-19-20-21-25-30-39(67)68-40-37(27-9-6-3)33-35(26-8-5-2)34-38(40)41(36-28-23-22-24-29-36)69-32-31-42(50,51)43(52,53)44(54,55)45(56,57)46(58,59)47(60,61)48(62,63)49(64,65)66/h22-24,28-29,33-34,41H,4-21,25-27,30-32H2,1-3H3. The zero-order valence-corrected chi connectivity index (χ0v) is 40.1. The molecule has 398 valence electrons. The fourth-order valence-electron chi connectivity index (χ4n) is 7.64. The molecule has 0 radical (unpaired) electrons. The number of carbonyl (C=O) groups is 1. The van der Waals surface area contributed by atoms with E-state index in [1.165, 1.54) is 81.7 Å². The zero-order chi connectivity index (χ0) is 52.4. The van der Waals surface area contributed by atoms with Crippen molar-refractivity contribution in [2.75, 3.05) is 5.75 Å². The van der Waals surface area contributed by atoms with Gasteiger partial charge in [0, 0.05) is 24.2 Å². The lowest BCUT2D eigenvalue weighted by molar-refractivity contribution is -0.461. The highest BCUT2D eigenvalue weighted by Gasteiger charge is 2.95. The average molecular weight is 1040 g/mol. The Labute approximate surface area is 398 Å². The summed E-state index contributed by atoms with van der Waals surface area (Å²) in [6.45, 7) is 5.97. The molecule has 0 aliphatic carbocycles. The van der Waals surface area contributed by atoms with Crippen molar-refractivity contribution in [3.05, 3.63) is 64.7 Å². The number of esters is 1. The number of benzene rings is 2. The normalized spacial score (nSPS) is 14.1. The monoisotopic (exact) mass is 1040 g/mol. The van der Waals surface area contributed by atoms with Gasteiger partial charge in [0.05, 0.1) is 5.25 Å². The molecule has 0 N–H and O–H groups in total. The smallest absolute Gasteiger partial charge is 0.426 e. The molecule has 0 saturated heterocycles. The van der Waals surface area contributed by atoms with Gasteiger partial charge >= 0.3 is 53.6 Å². The van der Waals surface area contributed by atoms with E-state index in [9.17, 15) is 70.7 Å². The molecule has 69 heavy (non-hydrogen) atoms. The van der Waals surface area contributed by atoms with Crippen LogP contribution < -0.4 is 4.74 Å². The summed E-state index contributed by atoms with van der Waals surface area (Å²) >= 11 is 0.321. The molecule has 1 atom stereocenters. The maximum Gasteiger partial charge on any atom is 0.460 e. The van der Waals surface area contributed by atoms with Crippen molar-refractivity contribution in [1.82, 2.24) is 0 Å². The lowest BCUT2D eigenvalue weighted by Gasteiger charge is -2.42. The summed E-state index contributed by atoms with van der Waals surface area (Å²) in [7, 11) is 0. The predicted molar refractivity (Wildman–Crippen MR) is 235 cm³/mol. The molecule has 0 bridgehead atoms. The Kier molecular flexibility index (Phi) is 24.5. The first kappa shape index (κ1) is 62.2. The van der Waals surface area contributed by atoms with Crippen molar-refractivity contribution in [3.8, 4) is 5.75 Å². The maximum atomic E-state index is 15.2. The Morgan fingerprint density at radius 3 is 1.39 bits per heavy atom. The fraction of sp³-hybridized carbons (Fsp3) is 0.735. The lowest BCUT2D eigenvalue weighted by Crippen LogP contribution is -2.74. The van der Waals surface area contributed by atoms with Gasteiger partial charge in [-0.15, -0.1) is 11.8 Å². The van der Waals surface area contributed by atoms with Crippen LogP contribution in [0.1, 0.15) is 183 Å². The molecule has 0 amide bonds. The summed E-state index contributed by atoms with van der Waals surface area (Å²) in [6, 6.07) is 10.8. The minimum atomic E-state index is -8.69. The molecule has 2 aromatic rings. The number of thioether (sulfide) groups is 1. The summed E-state index contributed by atoms with van der Waals surface area (Å²) in [5.74, 6) is -58.8. The number of alkyl halides is 17. The number of halogens is 17. The molecule has 2 nitrogen and oxygen atoms in total. The summed E-state index contributed by atoms with van der Waals surface area (Å²) in [6.07, 6.45) is 9.26. The molecule has 0 fully saturated rings. The van der Waals surface area contributed by atoms with Crippen molar-refractivity contribution >= 4 is 17.7 Å². The van der Waals surface area contributed by atoms with Crippen LogP contribution in [0.4, 0.5) is 74.6 Å². The van der Waals surface area contributed by atoms with Crippen molar-refractivity contribution in [2.24, 2.45) is 0 Å². The van der Waals surface area contributed by atoms with Crippen LogP contribution in [0.2, 0.25) is 0 Å². The van der Waals surface area contributed by atoms with Crippen molar-refractivity contribution < 1.29 is 84.2 Å². The largest absolute Gasteiger partial charge is 0.460 e. The van der Waals surface area contributed by atoms with Crippen molar-refractivity contribution in [3.63, 3.8) is 0 Å². The van der Waals surface area contributed by atoms with Gasteiger partial charge in [0.2, 0.25) is 0 Å². The molecule has 2 aromatic carbocycles. The third-order valence-corrected chi connectivity index (χ3v) is 13.2. The number of aryl methyl sites for hydroxylation is 2. The number of rotatable bonds is 35. The van der Waals surface area contributed by atoms with Gasteiger partial charge in [0.1, 0.15) is 5.75 Å². The Balaban J connectivity index is 2.38. The fourth-order valence-corrected chi connectivity index (χ4v) is 8.95. The molecule has 0 spiro atoms. The highest BCUT2D eigenvalue weighted by Crippen LogP contribution is 2.64. The van der Waals surface area contributed by atoms with Gasteiger partial charge in [-0.3, -0.25) is 4.79 Å². The topological polar surface area (TPSA) is 26.3 Å². The van der Waals surface area contributed by atoms with Gasteiger partial charge in [-0.1, -0.05) is 166 Å². The van der Waals surface area contributed by atoms with Crippen LogP contribution in [0.5, 0.6) is 5.75 Å². The van der Waals surface area contributed by atoms with Crippen molar-refractivity contribution in [1.29, 1.82) is 0 Å². The van der Waals surface area contributed by atoms with Crippen LogP contribution >= 0.6 is 11.8 Å². The van der Waals surface area contributed by atoms with Gasteiger partial charge in [-0.05, 0) is 48.8 Å². The van der Waals surface area contributed by atoms with E-state index in [-0.39, 0.29) is 23.3 Å². The first-order chi connectivity index (χ1) is 32.0. The van der Waals surface area contributed by atoms with Crippen LogP contribution in [0.15, 0.2) is 42.5 Å². The first-order valence-electron chi connectivity index (χ1n) is 23.8. The average Bonchev–Trinajstić information content (AvgIpc) is 3.27. The first-order valence-corrected chi connectivity index (χ1v) is 24.8. The molecule has 0 heterocycles. The molecule has 0 aliphatic heterocycles. The van der Waals surface area contributed by atoms with E-state index in [1.54, 1.807) is 12.1 Å². The van der Waals surface area contributed by atoms with Gasteiger partial charge < -0.3 is 4.74 Å². The molecular weight excluding hydrogens is 976 g/mol. The van der Waals surface area contributed by atoms with E-state index in [2.05, 4.69) is 6.92 Å². The SMILES string of the molecule is CCCCCCCCCCCCCCCCCC(=O)Oc1c(CCCC)cc(CCCC)cc1C(SCCC(F)(F)C(F)(F)C(F)(F)C(F)(F)C(F)(F)C(F)(F)C(F)(F)C(F)(F)F)c1ccccc1. The molecule has 2 rings (SSSR count). The second-order valence-electron chi connectivity index (χ2n) is 17.6. The Hall–Kier alpha value is -2.93. The van der Waals surface area contributed by atoms with Crippen LogP contribution in [0.25, 0.3) is 0 Å². The third kappa shape index (κ3) is 15.8. The minimum absolute atomic E-state index is 0.00176. The highest BCUT2D eigenvalue weighted by atomic mass is 32.2. The van der Waals surface area contributed by atoms with Gasteiger partial charge in [0.25, 0.3) is 0 Å². The van der Waals surface area contributed by atoms with Crippen LogP contribution in [-0.4, -0.2) is 59.4 Å². The minimum Gasteiger partial charge on any atom is -0.426 e. The molecule has 20 heteroatoms. The third-order valence-electron chi connectivity index (χ3n) is 11.9. The van der Waals surface area contributed by atoms with Crippen LogP contribution in [-0.2, 0) is 17.6 Å². The number of hydrogen-bond acceptors (Lipinski definition) is 3. The van der Waals surface area contributed by atoms with E-state index in [0.717, 1.165) is 32.1 Å². The number of ether oxygens (including phenoxy) is 1. The molecular formula is C49H65F17O2S. The van der Waals surface area contributed by atoms with Crippen molar-refractivity contribution in [2.45, 2.75) is 221 Å². The van der Waals surface area contributed by atoms with E-state index >= 15 is 8.78 Å². The number of unbranched alkanes of at least 4 members (excludes halogenated alkanes) is 16. The number of hydrogen-bond donors (Lipinski definition) is 0. The zero-order valence-electron chi connectivity index (χ0n) is 39.2. The van der Waals surface area contributed by atoms with E-state index in [4.69, 9.17) is 4.74 Å². The second kappa shape index (κ2) is 27.2. The van der Waals surface area contributed by atoms with Gasteiger partial charge in [-0.25, -0.2) is 0 Å². The highest BCUT2D eigenvalue weighted by molar-refractivity contribution is 7.99. The maximum absolute atomic E-state index is 15.2. The number of carbonyl (C=O) groups excluding carboxylic acids is 1. The summed E-state index contributed by atoms with van der Waals surface area (Å²) in [5, 5.41) is -1.26.